The van der Waals surface area contributed by atoms with Crippen molar-refractivity contribution in [1.29, 1.82) is 0 Å². The Morgan fingerprint density at radius 2 is 2.00 bits per heavy atom. The Hall–Kier alpha value is 0.270. The smallest absolute Gasteiger partial charge is 0.0658 e. The van der Waals surface area contributed by atoms with E-state index in [1.54, 1.807) is 0 Å². The average Bonchev–Trinajstić information content (AvgIpc) is 2.38. The molecule has 0 spiro atoms. The summed E-state index contributed by atoms with van der Waals surface area (Å²) < 4.78 is 5.86. The molecular weight excluding hydrogens is 230 g/mol. The third-order valence-corrected chi connectivity index (χ3v) is 5.82. The normalized spacial score (nSPS) is 39.0. The van der Waals surface area contributed by atoms with E-state index in [0.717, 1.165) is 12.6 Å². The molecule has 1 heterocycles. The van der Waals surface area contributed by atoms with Crippen LogP contribution in [0.5, 0.6) is 0 Å². The maximum absolute atomic E-state index is 5.86. The van der Waals surface area contributed by atoms with Gasteiger partial charge in [0.05, 0.1) is 6.10 Å². The van der Waals surface area contributed by atoms with E-state index in [0.29, 0.717) is 17.6 Å². The fraction of sp³-hybridized carbons (Fsp3) is 1.00. The van der Waals surface area contributed by atoms with E-state index in [2.05, 4.69) is 37.8 Å². The lowest BCUT2D eigenvalue weighted by Crippen LogP contribution is -2.64. The Kier molecular flexibility index (Phi) is 4.79. The molecule has 1 saturated heterocycles. The Balaban J connectivity index is 1.85. The van der Waals surface area contributed by atoms with Gasteiger partial charge in [0.1, 0.15) is 0 Å². The minimum absolute atomic E-state index is 0.362. The minimum atomic E-state index is 0.362. The van der Waals surface area contributed by atoms with Gasteiger partial charge in [-0.1, -0.05) is 13.8 Å². The molecule has 1 aliphatic heterocycles. The van der Waals surface area contributed by atoms with Gasteiger partial charge < -0.3 is 10.1 Å². The second kappa shape index (κ2) is 5.94. The highest BCUT2D eigenvalue weighted by molar-refractivity contribution is 7.99. The number of nitrogens with one attached hydrogen (secondary N) is 1. The van der Waals surface area contributed by atoms with Gasteiger partial charge in [0.2, 0.25) is 0 Å². The van der Waals surface area contributed by atoms with Crippen molar-refractivity contribution in [2.75, 3.05) is 18.1 Å². The maximum atomic E-state index is 5.86. The summed E-state index contributed by atoms with van der Waals surface area (Å²) in [6, 6.07) is 1.44. The number of thioether (sulfide) groups is 1. The summed E-state index contributed by atoms with van der Waals surface area (Å²) >= 11 is 2.10. The van der Waals surface area contributed by atoms with E-state index in [1.165, 1.54) is 37.2 Å². The molecular formula is C14H27NOS. The van der Waals surface area contributed by atoms with Gasteiger partial charge in [0.25, 0.3) is 0 Å². The lowest BCUT2D eigenvalue weighted by atomic mass is 9.61. The highest BCUT2D eigenvalue weighted by Gasteiger charge is 2.51. The van der Waals surface area contributed by atoms with E-state index in [1.807, 2.05) is 0 Å². The van der Waals surface area contributed by atoms with E-state index in [-0.39, 0.29) is 0 Å². The van der Waals surface area contributed by atoms with Crippen molar-refractivity contribution in [2.45, 2.75) is 64.6 Å². The van der Waals surface area contributed by atoms with Crippen LogP contribution < -0.4 is 5.32 Å². The standard InChI is InChI=1S/C14H27NOS/c1-4-14(3)12(10-13(14)16-5-2)15-11-6-8-17-9-7-11/h11-13,15H,4-10H2,1-3H3. The van der Waals surface area contributed by atoms with Crippen molar-refractivity contribution in [2.24, 2.45) is 5.41 Å². The Morgan fingerprint density at radius 3 is 2.59 bits per heavy atom. The summed E-state index contributed by atoms with van der Waals surface area (Å²) in [5, 5.41) is 3.89. The number of hydrogen-bond acceptors (Lipinski definition) is 3. The molecule has 2 fully saturated rings. The van der Waals surface area contributed by atoms with Crippen LogP contribution in [0.1, 0.15) is 46.5 Å². The first-order chi connectivity index (χ1) is 8.20. The van der Waals surface area contributed by atoms with Gasteiger partial charge in [-0.25, -0.2) is 0 Å². The van der Waals surface area contributed by atoms with Crippen molar-refractivity contribution < 1.29 is 4.74 Å². The van der Waals surface area contributed by atoms with E-state index in [9.17, 15) is 0 Å². The molecule has 1 N–H and O–H groups in total. The summed E-state index contributed by atoms with van der Waals surface area (Å²) in [4.78, 5) is 0. The molecule has 0 amide bonds. The third kappa shape index (κ3) is 2.82. The highest BCUT2D eigenvalue weighted by atomic mass is 32.2. The summed E-state index contributed by atoms with van der Waals surface area (Å²) in [7, 11) is 0. The van der Waals surface area contributed by atoms with Crippen LogP contribution in [0.3, 0.4) is 0 Å². The van der Waals surface area contributed by atoms with Gasteiger partial charge in [0, 0.05) is 24.1 Å². The Bertz CT molecular complexity index is 242. The highest BCUT2D eigenvalue weighted by Crippen LogP contribution is 2.46. The molecule has 0 aromatic heterocycles. The summed E-state index contributed by atoms with van der Waals surface area (Å²) in [5.74, 6) is 2.67. The predicted octanol–water partition coefficient (Wildman–Crippen LogP) is 3.07. The van der Waals surface area contributed by atoms with Crippen LogP contribution >= 0.6 is 11.8 Å². The van der Waals surface area contributed by atoms with Crippen molar-refractivity contribution in [3.05, 3.63) is 0 Å². The summed E-state index contributed by atoms with van der Waals surface area (Å²) in [6.07, 6.45) is 5.60. The van der Waals surface area contributed by atoms with Crippen LogP contribution in [0.25, 0.3) is 0 Å². The third-order valence-electron chi connectivity index (χ3n) is 4.77. The molecule has 0 aromatic carbocycles. The molecule has 100 valence electrons. The lowest BCUT2D eigenvalue weighted by Gasteiger charge is -2.55. The zero-order valence-corrected chi connectivity index (χ0v) is 12.3. The van der Waals surface area contributed by atoms with Gasteiger partial charge in [-0.2, -0.15) is 11.8 Å². The zero-order chi connectivity index (χ0) is 12.3. The largest absolute Gasteiger partial charge is 0.378 e. The predicted molar refractivity (Wildman–Crippen MR) is 75.7 cm³/mol. The molecule has 3 heteroatoms. The van der Waals surface area contributed by atoms with Gasteiger partial charge in [-0.05, 0) is 44.1 Å². The van der Waals surface area contributed by atoms with Crippen LogP contribution in [0.15, 0.2) is 0 Å². The monoisotopic (exact) mass is 257 g/mol. The second-order valence-electron chi connectivity index (χ2n) is 5.64. The maximum Gasteiger partial charge on any atom is 0.0658 e. The Morgan fingerprint density at radius 1 is 1.29 bits per heavy atom. The summed E-state index contributed by atoms with van der Waals surface area (Å²) in [6.45, 7) is 7.66. The minimum Gasteiger partial charge on any atom is -0.378 e. The van der Waals surface area contributed by atoms with Crippen molar-refractivity contribution in [1.82, 2.24) is 5.32 Å². The van der Waals surface area contributed by atoms with Crippen LogP contribution in [0.2, 0.25) is 0 Å². The van der Waals surface area contributed by atoms with E-state index in [4.69, 9.17) is 4.74 Å². The first-order valence-corrected chi connectivity index (χ1v) is 8.31. The first-order valence-electron chi connectivity index (χ1n) is 7.16. The number of ether oxygens (including phenoxy) is 1. The van der Waals surface area contributed by atoms with Gasteiger partial charge in [0.15, 0.2) is 0 Å². The fourth-order valence-electron chi connectivity index (χ4n) is 3.16. The number of hydrogen-bond donors (Lipinski definition) is 1. The molecule has 0 aromatic rings. The molecule has 1 aliphatic carbocycles. The van der Waals surface area contributed by atoms with Gasteiger partial charge in [-0.3, -0.25) is 0 Å². The molecule has 2 nitrogen and oxygen atoms in total. The Labute approximate surface area is 110 Å². The molecule has 2 aliphatic rings. The quantitative estimate of drug-likeness (QED) is 0.818. The molecule has 2 rings (SSSR count). The second-order valence-corrected chi connectivity index (χ2v) is 6.87. The molecule has 3 atom stereocenters. The topological polar surface area (TPSA) is 21.3 Å². The van der Waals surface area contributed by atoms with Crippen LogP contribution in [0, 0.1) is 5.41 Å². The SMILES string of the molecule is CCOC1CC(NC2CCSCC2)C1(C)CC. The van der Waals surface area contributed by atoms with Gasteiger partial charge in [-0.15, -0.1) is 0 Å². The van der Waals surface area contributed by atoms with Crippen LogP contribution in [-0.2, 0) is 4.74 Å². The fourth-order valence-corrected chi connectivity index (χ4v) is 4.26. The first kappa shape index (κ1) is 13.7. The molecule has 0 radical (unpaired) electrons. The molecule has 0 bridgehead atoms. The summed E-state index contributed by atoms with van der Waals surface area (Å²) in [5.41, 5.74) is 0.362. The molecule has 1 saturated carbocycles. The number of rotatable bonds is 5. The van der Waals surface area contributed by atoms with E-state index < -0.39 is 0 Å². The van der Waals surface area contributed by atoms with Crippen LogP contribution in [0.4, 0.5) is 0 Å². The van der Waals surface area contributed by atoms with Crippen LogP contribution in [-0.4, -0.2) is 36.3 Å². The average molecular weight is 257 g/mol. The molecule has 3 unspecified atom stereocenters. The van der Waals surface area contributed by atoms with Crippen molar-refractivity contribution in [3.8, 4) is 0 Å². The lowest BCUT2D eigenvalue weighted by molar-refractivity contribution is -0.128. The zero-order valence-electron chi connectivity index (χ0n) is 11.5. The van der Waals surface area contributed by atoms with Crippen molar-refractivity contribution >= 4 is 11.8 Å². The van der Waals surface area contributed by atoms with Crippen molar-refractivity contribution in [3.63, 3.8) is 0 Å². The van der Waals surface area contributed by atoms with E-state index >= 15 is 0 Å². The van der Waals surface area contributed by atoms with Gasteiger partial charge >= 0.3 is 0 Å². The molecule has 17 heavy (non-hydrogen) atoms.